The second-order valence-corrected chi connectivity index (χ2v) is 8.18. The summed E-state index contributed by atoms with van der Waals surface area (Å²) in [6.07, 6.45) is 3.61. The SMILES string of the molecule is CCOCc1nc2c(N)nc3cc(OCc4nccn4C)ccc3c2n1CC(C)(C)O. The Kier molecular flexibility index (Phi) is 5.55. The number of hydrogen-bond donors (Lipinski definition) is 2. The van der Waals surface area contributed by atoms with Crippen LogP contribution >= 0.6 is 0 Å². The van der Waals surface area contributed by atoms with Gasteiger partial charge < -0.3 is 29.4 Å². The first-order valence-electron chi connectivity index (χ1n) is 10.2. The van der Waals surface area contributed by atoms with Crippen molar-refractivity contribution in [3.8, 4) is 5.75 Å². The van der Waals surface area contributed by atoms with Crippen LogP contribution in [0, 0.1) is 0 Å². The Hall–Kier alpha value is -3.17. The van der Waals surface area contributed by atoms with Gasteiger partial charge in [-0.25, -0.2) is 15.0 Å². The van der Waals surface area contributed by atoms with E-state index in [1.165, 1.54) is 0 Å². The molecule has 0 radical (unpaired) electrons. The summed E-state index contributed by atoms with van der Waals surface area (Å²) in [6.45, 7) is 7.05. The largest absolute Gasteiger partial charge is 0.486 e. The van der Waals surface area contributed by atoms with E-state index in [9.17, 15) is 5.11 Å². The lowest BCUT2D eigenvalue weighted by molar-refractivity contribution is 0.0582. The van der Waals surface area contributed by atoms with Crippen LogP contribution in [0.5, 0.6) is 5.75 Å². The summed E-state index contributed by atoms with van der Waals surface area (Å²) >= 11 is 0. The van der Waals surface area contributed by atoms with Crippen LogP contribution in [-0.4, -0.2) is 41.4 Å². The van der Waals surface area contributed by atoms with Crippen molar-refractivity contribution >= 4 is 27.8 Å². The minimum absolute atomic E-state index is 0.326. The summed E-state index contributed by atoms with van der Waals surface area (Å²) < 4.78 is 15.4. The third-order valence-electron chi connectivity index (χ3n) is 5.02. The molecule has 164 valence electrons. The van der Waals surface area contributed by atoms with Crippen LogP contribution < -0.4 is 10.5 Å². The van der Waals surface area contributed by atoms with Crippen molar-refractivity contribution in [3.05, 3.63) is 42.2 Å². The number of anilines is 1. The van der Waals surface area contributed by atoms with Crippen molar-refractivity contribution in [2.24, 2.45) is 7.05 Å². The number of aliphatic hydroxyl groups is 1. The van der Waals surface area contributed by atoms with Gasteiger partial charge in [0.15, 0.2) is 5.82 Å². The maximum atomic E-state index is 10.5. The van der Waals surface area contributed by atoms with Gasteiger partial charge in [0, 0.05) is 37.5 Å². The van der Waals surface area contributed by atoms with Crippen molar-refractivity contribution in [3.63, 3.8) is 0 Å². The number of aryl methyl sites for hydroxylation is 1. The predicted octanol–water partition coefficient (Wildman–Crippen LogP) is 2.79. The average Bonchev–Trinajstić information content (AvgIpc) is 3.27. The number of imidazole rings is 2. The molecule has 0 saturated carbocycles. The molecule has 0 saturated heterocycles. The first-order valence-corrected chi connectivity index (χ1v) is 10.2. The van der Waals surface area contributed by atoms with E-state index in [-0.39, 0.29) is 0 Å². The second-order valence-electron chi connectivity index (χ2n) is 8.18. The summed E-state index contributed by atoms with van der Waals surface area (Å²) in [7, 11) is 1.93. The molecule has 0 amide bonds. The van der Waals surface area contributed by atoms with Crippen LogP contribution in [0.1, 0.15) is 32.4 Å². The van der Waals surface area contributed by atoms with Crippen LogP contribution in [0.15, 0.2) is 30.6 Å². The van der Waals surface area contributed by atoms with Gasteiger partial charge in [-0.05, 0) is 32.9 Å². The predicted molar refractivity (Wildman–Crippen MR) is 119 cm³/mol. The van der Waals surface area contributed by atoms with Crippen molar-refractivity contribution in [2.75, 3.05) is 12.3 Å². The van der Waals surface area contributed by atoms with Gasteiger partial charge in [0.25, 0.3) is 0 Å². The lowest BCUT2D eigenvalue weighted by atomic mass is 10.1. The van der Waals surface area contributed by atoms with Gasteiger partial charge in [0.1, 0.15) is 36.1 Å². The number of rotatable bonds is 8. The Morgan fingerprint density at radius 3 is 2.65 bits per heavy atom. The fraction of sp³-hybridized carbons (Fsp3) is 0.409. The maximum Gasteiger partial charge on any atom is 0.152 e. The van der Waals surface area contributed by atoms with Crippen LogP contribution in [0.3, 0.4) is 0 Å². The number of aromatic nitrogens is 5. The lowest BCUT2D eigenvalue weighted by Crippen LogP contribution is -2.27. The number of ether oxygens (including phenoxy) is 2. The topological polar surface area (TPSA) is 113 Å². The normalized spacial score (nSPS) is 12.2. The molecule has 4 rings (SSSR count). The molecule has 0 fully saturated rings. The van der Waals surface area contributed by atoms with Crippen molar-refractivity contribution < 1.29 is 14.6 Å². The Morgan fingerprint density at radius 2 is 1.97 bits per heavy atom. The third-order valence-corrected chi connectivity index (χ3v) is 5.02. The number of benzene rings is 1. The highest BCUT2D eigenvalue weighted by atomic mass is 16.5. The third kappa shape index (κ3) is 4.33. The van der Waals surface area contributed by atoms with Gasteiger partial charge in [-0.15, -0.1) is 0 Å². The monoisotopic (exact) mass is 424 g/mol. The number of nitrogens with two attached hydrogens (primary N) is 1. The summed E-state index contributed by atoms with van der Waals surface area (Å²) in [5.74, 6) is 2.53. The fourth-order valence-corrected chi connectivity index (χ4v) is 3.57. The Labute approximate surface area is 180 Å². The molecule has 0 aliphatic rings. The zero-order chi connectivity index (χ0) is 22.2. The van der Waals surface area contributed by atoms with E-state index in [0.717, 1.165) is 16.7 Å². The highest BCUT2D eigenvalue weighted by Gasteiger charge is 2.22. The number of pyridine rings is 1. The van der Waals surface area contributed by atoms with Gasteiger partial charge in [0.2, 0.25) is 0 Å². The quantitative estimate of drug-likeness (QED) is 0.447. The Balaban J connectivity index is 1.79. The minimum Gasteiger partial charge on any atom is -0.486 e. The van der Waals surface area contributed by atoms with Crippen molar-refractivity contribution in [1.29, 1.82) is 0 Å². The molecular weight excluding hydrogens is 396 g/mol. The standard InChI is InChI=1S/C22H28N6O3/c1-5-30-11-18-26-19-20(28(18)13-22(2,3)29)15-7-6-14(10-16(15)25-21(19)23)31-12-17-24-8-9-27(17)4/h6-10,29H,5,11-13H2,1-4H3,(H2,23,25). The van der Waals surface area contributed by atoms with Crippen LogP contribution in [0.25, 0.3) is 21.9 Å². The summed E-state index contributed by atoms with van der Waals surface area (Å²) in [5.41, 5.74) is 7.46. The molecule has 3 aromatic heterocycles. The molecule has 1 aromatic carbocycles. The maximum absolute atomic E-state index is 10.5. The molecular formula is C22H28N6O3. The molecule has 3 N–H and O–H groups in total. The molecule has 31 heavy (non-hydrogen) atoms. The van der Waals surface area contributed by atoms with E-state index in [1.54, 1.807) is 20.0 Å². The fourth-order valence-electron chi connectivity index (χ4n) is 3.57. The van der Waals surface area contributed by atoms with Crippen LogP contribution in [-0.2, 0) is 31.5 Å². The van der Waals surface area contributed by atoms with Gasteiger partial charge >= 0.3 is 0 Å². The number of nitrogen functional groups attached to an aromatic ring is 1. The minimum atomic E-state index is -0.940. The van der Waals surface area contributed by atoms with Gasteiger partial charge in [-0.2, -0.15) is 0 Å². The lowest BCUT2D eigenvalue weighted by Gasteiger charge is -2.20. The van der Waals surface area contributed by atoms with E-state index < -0.39 is 5.60 Å². The smallest absolute Gasteiger partial charge is 0.152 e. The summed E-state index contributed by atoms with van der Waals surface area (Å²) in [5, 5.41) is 11.4. The van der Waals surface area contributed by atoms with E-state index in [2.05, 4.69) is 15.0 Å². The Bertz CT molecular complexity index is 1220. The number of hydrogen-bond acceptors (Lipinski definition) is 7. The molecule has 0 bridgehead atoms. The average molecular weight is 425 g/mol. The zero-order valence-corrected chi connectivity index (χ0v) is 18.3. The zero-order valence-electron chi connectivity index (χ0n) is 18.3. The summed E-state index contributed by atoms with van der Waals surface area (Å²) in [4.78, 5) is 13.5. The van der Waals surface area contributed by atoms with Crippen LogP contribution in [0.2, 0.25) is 0 Å². The first-order chi connectivity index (χ1) is 14.8. The highest BCUT2D eigenvalue weighted by Crippen LogP contribution is 2.32. The van der Waals surface area contributed by atoms with E-state index in [4.69, 9.17) is 15.2 Å². The van der Waals surface area contributed by atoms with Crippen molar-refractivity contribution in [1.82, 2.24) is 24.1 Å². The van der Waals surface area contributed by atoms with E-state index in [1.807, 2.05) is 47.5 Å². The number of nitrogens with zero attached hydrogens (tertiary/aromatic N) is 5. The molecule has 0 unspecified atom stereocenters. The van der Waals surface area contributed by atoms with Gasteiger partial charge in [-0.1, -0.05) is 0 Å². The molecule has 0 atom stereocenters. The molecule has 0 aliphatic heterocycles. The van der Waals surface area contributed by atoms with Crippen LogP contribution in [0.4, 0.5) is 5.82 Å². The van der Waals surface area contributed by atoms with E-state index >= 15 is 0 Å². The summed E-state index contributed by atoms with van der Waals surface area (Å²) in [6, 6.07) is 5.70. The molecule has 0 spiro atoms. The molecule has 4 aromatic rings. The second kappa shape index (κ2) is 8.16. The van der Waals surface area contributed by atoms with Crippen molar-refractivity contribution in [2.45, 2.75) is 46.1 Å². The highest BCUT2D eigenvalue weighted by molar-refractivity contribution is 6.06. The molecule has 9 heteroatoms. The Morgan fingerprint density at radius 1 is 1.16 bits per heavy atom. The van der Waals surface area contributed by atoms with E-state index in [0.29, 0.717) is 54.8 Å². The van der Waals surface area contributed by atoms with Gasteiger partial charge in [0.05, 0.1) is 23.2 Å². The van der Waals surface area contributed by atoms with Gasteiger partial charge in [-0.3, -0.25) is 0 Å². The molecule has 0 aliphatic carbocycles. The molecule has 3 heterocycles. The number of fused-ring (bicyclic) bond motifs is 3. The molecule has 9 nitrogen and oxygen atoms in total. The first kappa shape index (κ1) is 21.1.